The summed E-state index contributed by atoms with van der Waals surface area (Å²) in [6, 6.07) is 13.6. The topological polar surface area (TPSA) is 112 Å². The monoisotopic (exact) mass is 441 g/mol. The maximum atomic E-state index is 12.2. The first-order valence-electron chi connectivity index (χ1n) is 9.61. The highest BCUT2D eigenvalue weighted by Crippen LogP contribution is 2.21. The summed E-state index contributed by atoms with van der Waals surface area (Å²) in [5.41, 5.74) is 1.71. The van der Waals surface area contributed by atoms with E-state index in [1.165, 1.54) is 41.6 Å². The van der Waals surface area contributed by atoms with Gasteiger partial charge in [0, 0.05) is 24.9 Å². The summed E-state index contributed by atoms with van der Waals surface area (Å²) in [4.78, 5) is 22.4. The number of hydrogen-bond donors (Lipinski definition) is 1. The molecule has 0 radical (unpaired) electrons. The van der Waals surface area contributed by atoms with Crippen molar-refractivity contribution < 1.29 is 14.5 Å². The third-order valence-corrected chi connectivity index (χ3v) is 5.55. The van der Waals surface area contributed by atoms with Crippen molar-refractivity contribution in [2.45, 2.75) is 31.5 Å². The number of nitro benzene ring substituents is 1. The van der Waals surface area contributed by atoms with Crippen LogP contribution in [0.25, 0.3) is 0 Å². The Labute approximate surface area is 184 Å². The molecule has 0 bridgehead atoms. The molecular formula is C21H23N5O4S. The van der Waals surface area contributed by atoms with Crippen LogP contribution in [0.5, 0.6) is 5.75 Å². The van der Waals surface area contributed by atoms with Gasteiger partial charge in [-0.3, -0.25) is 14.9 Å². The maximum Gasteiger partial charge on any atom is 0.269 e. The first-order valence-corrected chi connectivity index (χ1v) is 10.6. The number of ether oxygens (including phenoxy) is 1. The normalized spacial score (nSPS) is 10.8. The number of rotatable bonds is 9. The lowest BCUT2D eigenvalue weighted by molar-refractivity contribution is -0.384. The van der Waals surface area contributed by atoms with E-state index in [9.17, 15) is 14.9 Å². The van der Waals surface area contributed by atoms with Gasteiger partial charge in [-0.1, -0.05) is 37.7 Å². The second kappa shape index (κ2) is 10.1. The molecule has 0 aliphatic rings. The van der Waals surface area contributed by atoms with Crippen molar-refractivity contribution in [3.63, 3.8) is 0 Å². The van der Waals surface area contributed by atoms with Crippen LogP contribution in [0, 0.1) is 10.1 Å². The third-order valence-electron chi connectivity index (χ3n) is 4.53. The number of aromatic nitrogens is 3. The molecule has 0 aliphatic heterocycles. The summed E-state index contributed by atoms with van der Waals surface area (Å²) in [5, 5.41) is 22.2. The van der Waals surface area contributed by atoms with Crippen LogP contribution < -0.4 is 10.1 Å². The molecule has 1 heterocycles. The molecule has 0 unspecified atom stereocenters. The molecule has 0 atom stereocenters. The molecule has 31 heavy (non-hydrogen) atoms. The minimum Gasteiger partial charge on any atom is -0.486 e. The summed E-state index contributed by atoms with van der Waals surface area (Å²) in [6.45, 7) is 4.54. The largest absolute Gasteiger partial charge is 0.486 e. The lowest BCUT2D eigenvalue weighted by atomic mass is 10.0. The number of nitro groups is 1. The first kappa shape index (κ1) is 22.3. The van der Waals surface area contributed by atoms with Gasteiger partial charge in [-0.2, -0.15) is 0 Å². The van der Waals surface area contributed by atoms with Crippen molar-refractivity contribution in [2.75, 3.05) is 11.1 Å². The standard InChI is InChI=1S/C21H23N5O4S/c1-14(2)15-4-10-18(11-5-15)30-12-19-23-24-21(25(19)3)31-13-20(27)22-16-6-8-17(9-7-16)26(28)29/h4-11,14H,12-13H2,1-3H3,(H,22,27). The molecule has 1 amide bonds. The Balaban J connectivity index is 1.50. The number of non-ortho nitro benzene ring substituents is 1. The summed E-state index contributed by atoms with van der Waals surface area (Å²) in [6.07, 6.45) is 0. The van der Waals surface area contributed by atoms with Gasteiger partial charge in [-0.25, -0.2) is 0 Å². The second-order valence-electron chi connectivity index (χ2n) is 7.11. The molecule has 9 nitrogen and oxygen atoms in total. The van der Waals surface area contributed by atoms with Gasteiger partial charge in [0.1, 0.15) is 12.4 Å². The molecule has 162 valence electrons. The Morgan fingerprint density at radius 3 is 2.45 bits per heavy atom. The zero-order valence-corrected chi connectivity index (χ0v) is 18.3. The molecule has 0 saturated carbocycles. The second-order valence-corrected chi connectivity index (χ2v) is 8.05. The first-order chi connectivity index (χ1) is 14.8. The number of nitrogens with zero attached hydrogens (tertiary/aromatic N) is 4. The van der Waals surface area contributed by atoms with E-state index >= 15 is 0 Å². The zero-order valence-electron chi connectivity index (χ0n) is 17.4. The lowest BCUT2D eigenvalue weighted by Crippen LogP contribution is -2.14. The molecule has 3 rings (SSSR count). The van der Waals surface area contributed by atoms with Gasteiger partial charge in [0.05, 0.1) is 10.7 Å². The molecule has 1 N–H and O–H groups in total. The molecule has 3 aromatic rings. The van der Waals surface area contributed by atoms with Crippen molar-refractivity contribution >= 4 is 29.0 Å². The Hall–Kier alpha value is -3.40. The Bertz CT molecular complexity index is 1050. The van der Waals surface area contributed by atoms with Gasteiger partial charge in [0.25, 0.3) is 5.69 Å². The fourth-order valence-electron chi connectivity index (χ4n) is 2.69. The fourth-order valence-corrected chi connectivity index (χ4v) is 3.42. The van der Waals surface area contributed by atoms with E-state index in [2.05, 4.69) is 29.4 Å². The number of hydrogen-bond acceptors (Lipinski definition) is 7. The quantitative estimate of drug-likeness (QED) is 0.301. The lowest BCUT2D eigenvalue weighted by Gasteiger charge is -2.09. The van der Waals surface area contributed by atoms with Gasteiger partial charge < -0.3 is 14.6 Å². The Morgan fingerprint density at radius 1 is 1.16 bits per heavy atom. The van der Waals surface area contributed by atoms with E-state index in [0.717, 1.165) is 5.75 Å². The summed E-state index contributed by atoms with van der Waals surface area (Å²) in [7, 11) is 1.82. The number of anilines is 1. The van der Waals surface area contributed by atoms with Crippen LogP contribution in [0.4, 0.5) is 11.4 Å². The van der Waals surface area contributed by atoms with E-state index in [1.54, 1.807) is 4.57 Å². The Morgan fingerprint density at radius 2 is 1.84 bits per heavy atom. The maximum absolute atomic E-state index is 12.2. The van der Waals surface area contributed by atoms with Crippen molar-refractivity contribution in [3.05, 3.63) is 70.0 Å². The van der Waals surface area contributed by atoms with Crippen LogP contribution in [0.2, 0.25) is 0 Å². The number of thioether (sulfide) groups is 1. The molecule has 0 fully saturated rings. The summed E-state index contributed by atoms with van der Waals surface area (Å²) in [5.74, 6) is 1.74. The number of carbonyl (C=O) groups is 1. The SMILES string of the molecule is CC(C)c1ccc(OCc2nnc(SCC(=O)Nc3ccc([N+](=O)[O-])cc3)n2C)cc1. The number of amides is 1. The summed E-state index contributed by atoms with van der Waals surface area (Å²) >= 11 is 1.24. The zero-order chi connectivity index (χ0) is 22.4. The Kier molecular flexibility index (Phi) is 7.24. The van der Waals surface area contributed by atoms with Gasteiger partial charge >= 0.3 is 0 Å². The molecule has 0 saturated heterocycles. The van der Waals surface area contributed by atoms with E-state index in [0.29, 0.717) is 22.6 Å². The molecule has 2 aromatic carbocycles. The van der Waals surface area contributed by atoms with Crippen molar-refractivity contribution in [3.8, 4) is 5.75 Å². The molecule has 1 aromatic heterocycles. The van der Waals surface area contributed by atoms with Gasteiger partial charge in [0.15, 0.2) is 11.0 Å². The minimum atomic E-state index is -0.489. The average molecular weight is 442 g/mol. The van der Waals surface area contributed by atoms with E-state index < -0.39 is 4.92 Å². The number of carbonyl (C=O) groups excluding carboxylic acids is 1. The predicted octanol–water partition coefficient (Wildman–Crippen LogP) is 4.16. The highest BCUT2D eigenvalue weighted by Gasteiger charge is 2.13. The van der Waals surface area contributed by atoms with Crippen LogP contribution in [0.1, 0.15) is 31.2 Å². The molecule has 0 aliphatic carbocycles. The van der Waals surface area contributed by atoms with Crippen molar-refractivity contribution in [1.29, 1.82) is 0 Å². The highest BCUT2D eigenvalue weighted by molar-refractivity contribution is 7.99. The smallest absolute Gasteiger partial charge is 0.269 e. The highest BCUT2D eigenvalue weighted by atomic mass is 32.2. The molecule has 0 spiro atoms. The van der Waals surface area contributed by atoms with Crippen LogP contribution >= 0.6 is 11.8 Å². The average Bonchev–Trinajstić information content (AvgIpc) is 3.11. The fraction of sp³-hybridized carbons (Fsp3) is 0.286. The summed E-state index contributed by atoms with van der Waals surface area (Å²) < 4.78 is 7.58. The van der Waals surface area contributed by atoms with E-state index in [-0.39, 0.29) is 24.0 Å². The number of benzene rings is 2. The third kappa shape index (κ3) is 6.05. The molecule has 10 heteroatoms. The van der Waals surface area contributed by atoms with Crippen LogP contribution in [-0.4, -0.2) is 31.3 Å². The van der Waals surface area contributed by atoms with Crippen molar-refractivity contribution in [1.82, 2.24) is 14.8 Å². The van der Waals surface area contributed by atoms with Crippen LogP contribution in [0.3, 0.4) is 0 Å². The van der Waals surface area contributed by atoms with Crippen molar-refractivity contribution in [2.24, 2.45) is 7.05 Å². The van der Waals surface area contributed by atoms with Crippen LogP contribution in [0.15, 0.2) is 53.7 Å². The predicted molar refractivity (Wildman–Crippen MR) is 118 cm³/mol. The van der Waals surface area contributed by atoms with E-state index in [1.807, 2.05) is 31.3 Å². The minimum absolute atomic E-state index is 0.0305. The molecular weight excluding hydrogens is 418 g/mol. The van der Waals surface area contributed by atoms with Crippen LogP contribution in [-0.2, 0) is 18.4 Å². The van der Waals surface area contributed by atoms with Gasteiger partial charge in [0.2, 0.25) is 5.91 Å². The van der Waals surface area contributed by atoms with Gasteiger partial charge in [-0.05, 0) is 35.7 Å². The van der Waals surface area contributed by atoms with Gasteiger partial charge in [-0.15, -0.1) is 10.2 Å². The van der Waals surface area contributed by atoms with E-state index in [4.69, 9.17) is 4.74 Å². The number of nitrogens with one attached hydrogen (secondary N) is 1.